The number of aryl methyl sites for hydroxylation is 1. The van der Waals surface area contributed by atoms with E-state index < -0.39 is 5.97 Å². The molecule has 1 fully saturated rings. The summed E-state index contributed by atoms with van der Waals surface area (Å²) in [6.07, 6.45) is 4.89. The molecule has 0 aliphatic heterocycles. The highest BCUT2D eigenvalue weighted by atomic mass is 16.5. The van der Waals surface area contributed by atoms with E-state index in [9.17, 15) is 4.79 Å². The first kappa shape index (κ1) is 16.4. The number of ether oxygens (including phenoxy) is 3. The Bertz CT molecular complexity index is 733. The van der Waals surface area contributed by atoms with E-state index in [0.717, 1.165) is 24.2 Å². The number of rotatable bonds is 5. The number of nitrogens with zero attached hydrogens (tertiary/aromatic N) is 2. The number of carbonyl (C=O) groups is 1. The van der Waals surface area contributed by atoms with Crippen molar-refractivity contribution < 1.29 is 19.0 Å². The molecule has 6 heteroatoms. The van der Waals surface area contributed by atoms with Crippen molar-refractivity contribution in [3.8, 4) is 22.8 Å². The van der Waals surface area contributed by atoms with Crippen LogP contribution in [0.25, 0.3) is 11.3 Å². The van der Waals surface area contributed by atoms with Crippen LogP contribution in [-0.2, 0) is 11.8 Å². The van der Waals surface area contributed by atoms with Crippen molar-refractivity contribution >= 4 is 5.97 Å². The fourth-order valence-electron chi connectivity index (χ4n) is 3.01. The number of hydrogen-bond donors (Lipinski definition) is 0. The van der Waals surface area contributed by atoms with Gasteiger partial charge in [-0.1, -0.05) is 0 Å². The van der Waals surface area contributed by atoms with Crippen molar-refractivity contribution in [1.29, 1.82) is 0 Å². The first-order valence-corrected chi connectivity index (χ1v) is 8.10. The van der Waals surface area contributed by atoms with Gasteiger partial charge in [-0.3, -0.25) is 4.68 Å². The molecule has 0 N–H and O–H groups in total. The van der Waals surface area contributed by atoms with Gasteiger partial charge in [0.1, 0.15) is 5.69 Å². The van der Waals surface area contributed by atoms with Gasteiger partial charge in [0, 0.05) is 12.6 Å². The summed E-state index contributed by atoms with van der Waals surface area (Å²) in [5, 5.41) is 4.38. The number of methoxy groups -OCH3 is 2. The van der Waals surface area contributed by atoms with E-state index in [1.165, 1.54) is 24.6 Å². The molecule has 0 bridgehead atoms. The third-order valence-electron chi connectivity index (χ3n) is 4.33. The van der Waals surface area contributed by atoms with E-state index in [2.05, 4.69) is 5.10 Å². The maximum atomic E-state index is 11.7. The van der Waals surface area contributed by atoms with Gasteiger partial charge in [-0.15, -0.1) is 0 Å². The SMILES string of the molecule is COC(=O)c1cc(-c2ccc(OC3CCCC3)c(OC)c2)nn1C. The van der Waals surface area contributed by atoms with Crippen LogP contribution in [0.15, 0.2) is 24.3 Å². The smallest absolute Gasteiger partial charge is 0.356 e. The van der Waals surface area contributed by atoms with Gasteiger partial charge in [0.25, 0.3) is 0 Å². The zero-order valence-corrected chi connectivity index (χ0v) is 14.2. The molecule has 3 rings (SSSR count). The van der Waals surface area contributed by atoms with Gasteiger partial charge in [-0.05, 0) is 49.9 Å². The van der Waals surface area contributed by atoms with E-state index in [-0.39, 0.29) is 6.10 Å². The number of carbonyl (C=O) groups excluding carboxylic acids is 1. The minimum Gasteiger partial charge on any atom is -0.493 e. The van der Waals surface area contributed by atoms with Crippen LogP contribution in [0.3, 0.4) is 0 Å². The number of hydrogen-bond acceptors (Lipinski definition) is 5. The summed E-state index contributed by atoms with van der Waals surface area (Å²) in [6.45, 7) is 0. The standard InChI is InChI=1S/C18H22N2O4/c1-20-15(18(21)23-3)11-14(19-20)12-8-9-16(17(10-12)22-2)24-13-6-4-5-7-13/h8-11,13H,4-7H2,1-3H3. The molecule has 128 valence electrons. The molecule has 1 saturated carbocycles. The molecule has 6 nitrogen and oxygen atoms in total. The highest BCUT2D eigenvalue weighted by molar-refractivity contribution is 5.89. The molecular weight excluding hydrogens is 308 g/mol. The van der Waals surface area contributed by atoms with Gasteiger partial charge in [0.15, 0.2) is 11.5 Å². The van der Waals surface area contributed by atoms with Gasteiger partial charge >= 0.3 is 5.97 Å². The average Bonchev–Trinajstić information content (AvgIpc) is 3.24. The summed E-state index contributed by atoms with van der Waals surface area (Å²) in [5.41, 5.74) is 1.94. The van der Waals surface area contributed by atoms with Gasteiger partial charge in [0.05, 0.1) is 26.0 Å². The highest BCUT2D eigenvalue weighted by Gasteiger charge is 2.20. The zero-order valence-electron chi connectivity index (χ0n) is 14.2. The lowest BCUT2D eigenvalue weighted by molar-refractivity contribution is 0.0588. The van der Waals surface area contributed by atoms with Crippen molar-refractivity contribution in [3.05, 3.63) is 30.0 Å². The van der Waals surface area contributed by atoms with E-state index in [1.54, 1.807) is 20.2 Å². The van der Waals surface area contributed by atoms with E-state index >= 15 is 0 Å². The molecule has 0 saturated heterocycles. The first-order valence-electron chi connectivity index (χ1n) is 8.10. The van der Waals surface area contributed by atoms with Gasteiger partial charge in [0.2, 0.25) is 0 Å². The van der Waals surface area contributed by atoms with Crippen molar-refractivity contribution in [2.24, 2.45) is 7.05 Å². The number of benzene rings is 1. The van der Waals surface area contributed by atoms with Crippen molar-refractivity contribution in [3.63, 3.8) is 0 Å². The summed E-state index contributed by atoms with van der Waals surface area (Å²) < 4.78 is 17.8. The number of aromatic nitrogens is 2. The average molecular weight is 330 g/mol. The molecule has 1 aromatic carbocycles. The number of esters is 1. The second-order valence-electron chi connectivity index (χ2n) is 5.92. The fourth-order valence-corrected chi connectivity index (χ4v) is 3.01. The summed E-state index contributed by atoms with van der Waals surface area (Å²) in [7, 11) is 4.69. The summed E-state index contributed by atoms with van der Waals surface area (Å²) >= 11 is 0. The predicted octanol–water partition coefficient (Wildman–Crippen LogP) is 3.20. The van der Waals surface area contributed by atoms with E-state index in [4.69, 9.17) is 14.2 Å². The lowest BCUT2D eigenvalue weighted by Crippen LogP contribution is -2.11. The Labute approximate surface area is 141 Å². The van der Waals surface area contributed by atoms with Crippen LogP contribution in [0.5, 0.6) is 11.5 Å². The molecule has 0 radical (unpaired) electrons. The molecule has 1 aliphatic carbocycles. The third kappa shape index (κ3) is 3.22. The van der Waals surface area contributed by atoms with Crippen molar-refractivity contribution in [2.75, 3.05) is 14.2 Å². The molecule has 1 aromatic heterocycles. The normalized spacial score (nSPS) is 14.6. The second-order valence-corrected chi connectivity index (χ2v) is 5.92. The minimum absolute atomic E-state index is 0.269. The largest absolute Gasteiger partial charge is 0.493 e. The maximum Gasteiger partial charge on any atom is 0.356 e. The lowest BCUT2D eigenvalue weighted by atomic mass is 10.1. The Balaban J connectivity index is 1.87. The summed E-state index contributed by atoms with van der Waals surface area (Å²) in [5.74, 6) is 1.01. The molecule has 0 unspecified atom stereocenters. The summed E-state index contributed by atoms with van der Waals surface area (Å²) in [6, 6.07) is 7.42. The molecular formula is C18H22N2O4. The second kappa shape index (κ2) is 6.95. The summed E-state index contributed by atoms with van der Waals surface area (Å²) in [4.78, 5) is 11.7. The third-order valence-corrected chi connectivity index (χ3v) is 4.33. The van der Waals surface area contributed by atoms with Crippen LogP contribution in [0.1, 0.15) is 36.2 Å². The molecule has 24 heavy (non-hydrogen) atoms. The Morgan fingerprint density at radius 1 is 1.17 bits per heavy atom. The Morgan fingerprint density at radius 2 is 1.92 bits per heavy atom. The highest BCUT2D eigenvalue weighted by Crippen LogP contribution is 2.35. The monoisotopic (exact) mass is 330 g/mol. The molecule has 2 aromatic rings. The molecule has 1 aliphatic rings. The van der Waals surface area contributed by atoms with Crippen LogP contribution in [0, 0.1) is 0 Å². The van der Waals surface area contributed by atoms with Crippen molar-refractivity contribution in [2.45, 2.75) is 31.8 Å². The van der Waals surface area contributed by atoms with Crippen LogP contribution >= 0.6 is 0 Å². The minimum atomic E-state index is -0.413. The van der Waals surface area contributed by atoms with Gasteiger partial charge < -0.3 is 14.2 Å². The van der Waals surface area contributed by atoms with Crippen LogP contribution in [0.2, 0.25) is 0 Å². The predicted molar refractivity (Wildman–Crippen MR) is 89.4 cm³/mol. The van der Waals surface area contributed by atoms with Crippen molar-refractivity contribution in [1.82, 2.24) is 9.78 Å². The fraction of sp³-hybridized carbons (Fsp3) is 0.444. The lowest BCUT2D eigenvalue weighted by Gasteiger charge is -2.16. The van der Waals surface area contributed by atoms with E-state index in [0.29, 0.717) is 17.1 Å². The van der Waals surface area contributed by atoms with Crippen LogP contribution in [-0.4, -0.2) is 36.1 Å². The van der Waals surface area contributed by atoms with E-state index in [1.807, 2.05) is 18.2 Å². The quantitative estimate of drug-likeness (QED) is 0.788. The first-order chi connectivity index (χ1) is 11.6. The molecule has 0 atom stereocenters. The Morgan fingerprint density at radius 3 is 2.58 bits per heavy atom. The molecule has 1 heterocycles. The topological polar surface area (TPSA) is 62.6 Å². The molecule has 0 spiro atoms. The van der Waals surface area contributed by atoms with Gasteiger partial charge in [-0.2, -0.15) is 5.10 Å². The molecule has 0 amide bonds. The van der Waals surface area contributed by atoms with Crippen LogP contribution < -0.4 is 9.47 Å². The van der Waals surface area contributed by atoms with Gasteiger partial charge in [-0.25, -0.2) is 4.79 Å². The Hall–Kier alpha value is -2.50. The Kier molecular flexibility index (Phi) is 4.74. The zero-order chi connectivity index (χ0) is 17.1. The van der Waals surface area contributed by atoms with Crippen LogP contribution in [0.4, 0.5) is 0 Å². The maximum absolute atomic E-state index is 11.7.